The molecule has 2 saturated carbocycles. The van der Waals surface area contributed by atoms with Crippen LogP contribution in [0.1, 0.15) is 73.7 Å². The number of anilines is 3. The van der Waals surface area contributed by atoms with Crippen LogP contribution >= 0.6 is 0 Å². The molecule has 0 radical (unpaired) electrons. The highest BCUT2D eigenvalue weighted by Gasteiger charge is 2.38. The lowest BCUT2D eigenvalue weighted by atomic mass is 10.0. The van der Waals surface area contributed by atoms with Crippen LogP contribution in [-0.4, -0.2) is 76.9 Å². The quantitative estimate of drug-likeness (QED) is 0.398. The van der Waals surface area contributed by atoms with Crippen molar-refractivity contribution in [3.05, 3.63) is 41.6 Å². The molecule has 1 aromatic heterocycles. The number of aromatic nitrogens is 2. The molecule has 1 saturated heterocycles. The van der Waals surface area contributed by atoms with E-state index in [-0.39, 0.29) is 47.6 Å². The molecule has 1 aliphatic heterocycles. The van der Waals surface area contributed by atoms with Crippen LogP contribution in [0.5, 0.6) is 0 Å². The average Bonchev–Trinajstić information content (AvgIpc) is 3.65. The van der Waals surface area contributed by atoms with Gasteiger partial charge in [0.25, 0.3) is 5.91 Å². The minimum Gasteiger partial charge on any atom is -0.367 e. The molecular formula is C30H40F3N7O2. The summed E-state index contributed by atoms with van der Waals surface area (Å²) in [6.07, 6.45) is 3.83. The third kappa shape index (κ3) is 7.32. The van der Waals surface area contributed by atoms with Crippen molar-refractivity contribution in [3.63, 3.8) is 0 Å². The number of piperidine rings is 1. The van der Waals surface area contributed by atoms with Gasteiger partial charge in [-0.2, -0.15) is 18.2 Å². The number of rotatable bonds is 8. The number of alkyl halides is 3. The lowest BCUT2D eigenvalue weighted by Gasteiger charge is -2.35. The maximum atomic E-state index is 13.8. The van der Waals surface area contributed by atoms with Gasteiger partial charge in [0.2, 0.25) is 11.9 Å². The Kier molecular flexibility index (Phi) is 9.19. The molecule has 2 aromatic rings. The average molecular weight is 588 g/mol. The molecule has 9 nitrogen and oxygen atoms in total. The van der Waals surface area contributed by atoms with Gasteiger partial charge >= 0.3 is 6.18 Å². The summed E-state index contributed by atoms with van der Waals surface area (Å²) >= 11 is 0. The highest BCUT2D eigenvalue weighted by molar-refractivity contribution is 5.94. The predicted octanol–water partition coefficient (Wildman–Crippen LogP) is 5.04. The zero-order valence-electron chi connectivity index (χ0n) is 24.2. The largest absolute Gasteiger partial charge is 0.421 e. The summed E-state index contributed by atoms with van der Waals surface area (Å²) in [5.41, 5.74) is 0.124. The van der Waals surface area contributed by atoms with E-state index < -0.39 is 11.7 Å². The van der Waals surface area contributed by atoms with Gasteiger partial charge in [0.15, 0.2) is 0 Å². The summed E-state index contributed by atoms with van der Waals surface area (Å²) in [6, 6.07) is 6.85. The van der Waals surface area contributed by atoms with Crippen molar-refractivity contribution in [1.29, 1.82) is 0 Å². The topological polar surface area (TPSA) is 102 Å². The first kappa shape index (κ1) is 30.1. The van der Waals surface area contributed by atoms with Gasteiger partial charge in [-0.1, -0.05) is 12.8 Å². The molecule has 2 atom stereocenters. The fraction of sp³-hybridized carbons (Fsp3) is 0.600. The Morgan fingerprint density at radius 2 is 1.67 bits per heavy atom. The van der Waals surface area contributed by atoms with Gasteiger partial charge in [-0.3, -0.25) is 9.59 Å². The van der Waals surface area contributed by atoms with Gasteiger partial charge in [0.1, 0.15) is 11.4 Å². The first-order chi connectivity index (χ1) is 20.1. The molecule has 228 valence electrons. The van der Waals surface area contributed by atoms with Gasteiger partial charge < -0.3 is 25.8 Å². The molecule has 0 unspecified atom stereocenters. The molecule has 3 fully saturated rings. The first-order valence-corrected chi connectivity index (χ1v) is 14.9. The first-order valence-electron chi connectivity index (χ1n) is 14.9. The molecule has 2 aliphatic carbocycles. The summed E-state index contributed by atoms with van der Waals surface area (Å²) in [6.45, 7) is 1.90. The van der Waals surface area contributed by atoms with Gasteiger partial charge in [0.05, 0.1) is 0 Å². The fourth-order valence-corrected chi connectivity index (χ4v) is 6.27. The van der Waals surface area contributed by atoms with Crippen molar-refractivity contribution in [3.8, 4) is 0 Å². The molecule has 0 spiro atoms. The summed E-state index contributed by atoms with van der Waals surface area (Å²) < 4.78 is 41.4. The number of nitrogens with one attached hydrogen (secondary N) is 3. The van der Waals surface area contributed by atoms with Gasteiger partial charge in [0, 0.05) is 48.5 Å². The van der Waals surface area contributed by atoms with E-state index in [1.165, 1.54) is 0 Å². The number of likely N-dealkylation sites (tertiary alicyclic amines) is 1. The molecule has 3 N–H and O–H groups in total. The van der Waals surface area contributed by atoms with E-state index in [1.54, 1.807) is 29.2 Å². The van der Waals surface area contributed by atoms with Gasteiger partial charge in [-0.15, -0.1) is 0 Å². The van der Waals surface area contributed by atoms with Crippen LogP contribution in [0, 0.1) is 5.92 Å². The minimum absolute atomic E-state index is 0.00143. The SMILES string of the molecule is CN1CCC(N(C)C(=O)c2ccc(Nc3ncc(C(F)(F)F)c(N[C@@H]4CC[C@H](C(=O)NC5CCCC5)C4)n3)cc2)CC1. The van der Waals surface area contributed by atoms with E-state index in [0.717, 1.165) is 57.8 Å². The highest BCUT2D eigenvalue weighted by atomic mass is 19.4. The Bertz CT molecular complexity index is 1240. The van der Waals surface area contributed by atoms with Crippen LogP contribution in [0.2, 0.25) is 0 Å². The number of hydrogen-bond acceptors (Lipinski definition) is 7. The zero-order chi connectivity index (χ0) is 29.9. The fourth-order valence-electron chi connectivity index (χ4n) is 6.27. The second-order valence-electron chi connectivity index (χ2n) is 11.9. The third-order valence-corrected chi connectivity index (χ3v) is 8.88. The molecule has 3 aliphatic rings. The molecule has 42 heavy (non-hydrogen) atoms. The number of carbonyl (C=O) groups is 2. The smallest absolute Gasteiger partial charge is 0.367 e. The summed E-state index contributed by atoms with van der Waals surface area (Å²) in [4.78, 5) is 37.8. The Labute approximate surface area is 244 Å². The van der Waals surface area contributed by atoms with E-state index in [2.05, 4.69) is 37.9 Å². The Morgan fingerprint density at radius 1 is 0.976 bits per heavy atom. The highest BCUT2D eigenvalue weighted by Crippen LogP contribution is 2.36. The second-order valence-corrected chi connectivity index (χ2v) is 11.9. The summed E-state index contributed by atoms with van der Waals surface area (Å²) in [5, 5.41) is 9.01. The Balaban J connectivity index is 1.22. The van der Waals surface area contributed by atoms with E-state index >= 15 is 0 Å². The molecule has 0 bridgehead atoms. The van der Waals surface area contributed by atoms with Crippen molar-refractivity contribution >= 4 is 29.3 Å². The number of carbonyl (C=O) groups excluding carboxylic acids is 2. The van der Waals surface area contributed by atoms with Gasteiger partial charge in [-0.25, -0.2) is 4.98 Å². The Hall–Kier alpha value is -3.41. The minimum atomic E-state index is -4.64. The van der Waals surface area contributed by atoms with E-state index in [9.17, 15) is 22.8 Å². The normalized spacial score (nSPS) is 22.2. The molecule has 12 heteroatoms. The van der Waals surface area contributed by atoms with Crippen molar-refractivity contribution in [2.45, 2.75) is 82.1 Å². The number of benzene rings is 1. The Morgan fingerprint density at radius 3 is 2.33 bits per heavy atom. The van der Waals surface area contributed by atoms with Crippen molar-refractivity contribution in [1.82, 2.24) is 25.1 Å². The maximum Gasteiger partial charge on any atom is 0.421 e. The molecule has 5 rings (SSSR count). The zero-order valence-corrected chi connectivity index (χ0v) is 24.2. The lowest BCUT2D eigenvalue weighted by Crippen LogP contribution is -2.44. The van der Waals surface area contributed by atoms with Crippen LogP contribution < -0.4 is 16.0 Å². The van der Waals surface area contributed by atoms with Crippen molar-refractivity contribution in [2.24, 2.45) is 5.92 Å². The number of nitrogens with zero attached hydrogens (tertiary/aromatic N) is 4. The van der Waals surface area contributed by atoms with E-state index in [1.807, 2.05) is 7.05 Å². The van der Waals surface area contributed by atoms with Crippen LogP contribution in [0.15, 0.2) is 30.5 Å². The predicted molar refractivity (Wildman–Crippen MR) is 155 cm³/mol. The molecular weight excluding hydrogens is 547 g/mol. The lowest BCUT2D eigenvalue weighted by molar-refractivity contribution is -0.137. The van der Waals surface area contributed by atoms with Crippen LogP contribution in [-0.2, 0) is 11.0 Å². The summed E-state index contributed by atoms with van der Waals surface area (Å²) in [5.74, 6) is -0.613. The van der Waals surface area contributed by atoms with Gasteiger partial charge in [-0.05, 0) is 89.3 Å². The molecule has 1 aromatic carbocycles. The maximum absolute atomic E-state index is 13.8. The van der Waals surface area contributed by atoms with Crippen molar-refractivity contribution < 1.29 is 22.8 Å². The third-order valence-electron chi connectivity index (χ3n) is 8.88. The van der Waals surface area contributed by atoms with E-state index in [4.69, 9.17) is 0 Å². The second kappa shape index (κ2) is 12.8. The van der Waals surface area contributed by atoms with Crippen LogP contribution in [0.3, 0.4) is 0 Å². The number of amides is 2. The van der Waals surface area contributed by atoms with E-state index in [0.29, 0.717) is 30.5 Å². The summed E-state index contributed by atoms with van der Waals surface area (Å²) in [7, 11) is 3.90. The van der Waals surface area contributed by atoms with Crippen LogP contribution in [0.4, 0.5) is 30.6 Å². The number of hydrogen-bond donors (Lipinski definition) is 3. The van der Waals surface area contributed by atoms with Crippen molar-refractivity contribution in [2.75, 3.05) is 37.8 Å². The van der Waals surface area contributed by atoms with Crippen LogP contribution in [0.25, 0.3) is 0 Å². The molecule has 2 heterocycles. The molecule has 2 amide bonds. The monoisotopic (exact) mass is 587 g/mol. The standard InChI is InChI=1S/C30H40F3N7O2/c1-39-15-13-24(14-16-39)40(2)28(42)19-7-10-22(11-8-19)37-29-34-18-25(30(31,32)33)26(38-29)35-23-12-9-20(17-23)27(41)36-21-5-3-4-6-21/h7-8,10-11,18,20-21,23-24H,3-6,9,12-17H2,1-2H3,(H,36,41)(H2,34,35,37,38)/t20-,23+/m0/s1. The number of halogens is 3.